The van der Waals surface area contributed by atoms with Crippen molar-refractivity contribution in [1.29, 1.82) is 0 Å². The standard InChI is InChI=1S/C17H20N6O2/c1-12(2)23-10-14(19-20-23)17(25)6-8-21(11-17)16(24)13-4-3-5-15-18-7-9-22(13)15/h3-5,7,9-10,12,25H,6,8,11H2,1-2H3/t17-/m0/s1. The monoisotopic (exact) mass is 340 g/mol. The van der Waals surface area contributed by atoms with Crippen molar-refractivity contribution in [3.8, 4) is 0 Å². The molecule has 8 heteroatoms. The molecule has 4 rings (SSSR count). The fourth-order valence-electron chi connectivity index (χ4n) is 3.20. The largest absolute Gasteiger partial charge is 0.381 e. The van der Waals surface area contributed by atoms with Crippen LogP contribution in [0, 0.1) is 0 Å². The smallest absolute Gasteiger partial charge is 0.270 e. The number of pyridine rings is 1. The molecule has 1 atom stereocenters. The second-order valence-electron chi connectivity index (χ2n) is 6.75. The Bertz CT molecular complexity index is 930. The summed E-state index contributed by atoms with van der Waals surface area (Å²) in [6.45, 7) is 4.67. The molecule has 0 unspecified atom stereocenters. The van der Waals surface area contributed by atoms with Gasteiger partial charge in [-0.15, -0.1) is 5.10 Å². The van der Waals surface area contributed by atoms with Gasteiger partial charge < -0.3 is 10.0 Å². The summed E-state index contributed by atoms with van der Waals surface area (Å²) < 4.78 is 3.47. The Labute approximate surface area is 144 Å². The molecule has 0 saturated carbocycles. The van der Waals surface area contributed by atoms with Crippen molar-refractivity contribution in [1.82, 2.24) is 29.3 Å². The molecule has 0 spiro atoms. The van der Waals surface area contributed by atoms with E-state index in [1.54, 1.807) is 38.6 Å². The van der Waals surface area contributed by atoms with Gasteiger partial charge in [0.2, 0.25) is 0 Å². The van der Waals surface area contributed by atoms with Gasteiger partial charge in [0, 0.05) is 31.4 Å². The van der Waals surface area contributed by atoms with E-state index in [2.05, 4.69) is 15.3 Å². The summed E-state index contributed by atoms with van der Waals surface area (Å²) in [6.07, 6.45) is 5.63. The highest BCUT2D eigenvalue weighted by Crippen LogP contribution is 2.31. The third-order valence-electron chi connectivity index (χ3n) is 4.70. The van der Waals surface area contributed by atoms with Crippen molar-refractivity contribution in [2.45, 2.75) is 31.9 Å². The number of carbonyl (C=O) groups excluding carboxylic acids is 1. The van der Waals surface area contributed by atoms with Gasteiger partial charge in [-0.2, -0.15) is 0 Å². The molecule has 0 aliphatic carbocycles. The molecule has 1 amide bonds. The summed E-state index contributed by atoms with van der Waals surface area (Å²) in [5, 5.41) is 19.1. The van der Waals surface area contributed by atoms with Gasteiger partial charge in [0.25, 0.3) is 5.91 Å². The minimum atomic E-state index is -1.16. The van der Waals surface area contributed by atoms with Crippen molar-refractivity contribution in [2.24, 2.45) is 0 Å². The average Bonchev–Trinajstić information content (AvgIpc) is 3.32. The molecule has 4 heterocycles. The van der Waals surface area contributed by atoms with Gasteiger partial charge in [-0.3, -0.25) is 9.20 Å². The molecule has 3 aromatic rings. The van der Waals surface area contributed by atoms with Gasteiger partial charge in [-0.05, 0) is 26.0 Å². The van der Waals surface area contributed by atoms with Crippen LogP contribution in [0.5, 0.6) is 0 Å². The van der Waals surface area contributed by atoms with E-state index >= 15 is 0 Å². The van der Waals surface area contributed by atoms with Gasteiger partial charge in [-0.25, -0.2) is 9.67 Å². The van der Waals surface area contributed by atoms with Crippen LogP contribution in [0.25, 0.3) is 5.65 Å². The van der Waals surface area contributed by atoms with E-state index in [9.17, 15) is 9.90 Å². The number of hydrogen-bond acceptors (Lipinski definition) is 5. The van der Waals surface area contributed by atoms with E-state index in [1.807, 2.05) is 26.0 Å². The SMILES string of the molecule is CC(C)n1cc([C@]2(O)CCN(C(=O)c3cccc4nccn34)C2)nn1. The molecule has 1 N–H and O–H groups in total. The number of fused-ring (bicyclic) bond motifs is 1. The van der Waals surface area contributed by atoms with Gasteiger partial charge in [-0.1, -0.05) is 11.3 Å². The lowest BCUT2D eigenvalue weighted by molar-refractivity contribution is 0.0379. The third kappa shape index (κ3) is 2.58. The molecular formula is C17H20N6O2. The van der Waals surface area contributed by atoms with E-state index in [4.69, 9.17) is 0 Å². The van der Waals surface area contributed by atoms with E-state index in [-0.39, 0.29) is 18.5 Å². The Morgan fingerprint density at radius 1 is 1.36 bits per heavy atom. The maximum atomic E-state index is 12.9. The summed E-state index contributed by atoms with van der Waals surface area (Å²) in [5.74, 6) is -0.129. The highest BCUT2D eigenvalue weighted by atomic mass is 16.3. The Morgan fingerprint density at radius 2 is 2.20 bits per heavy atom. The molecular weight excluding hydrogens is 320 g/mol. The Balaban J connectivity index is 1.59. The van der Waals surface area contributed by atoms with Crippen molar-refractivity contribution >= 4 is 11.6 Å². The molecule has 25 heavy (non-hydrogen) atoms. The van der Waals surface area contributed by atoms with Crippen molar-refractivity contribution in [3.05, 3.63) is 48.2 Å². The fourth-order valence-corrected chi connectivity index (χ4v) is 3.20. The Kier molecular flexibility index (Phi) is 3.57. The van der Waals surface area contributed by atoms with Gasteiger partial charge in [0.1, 0.15) is 22.6 Å². The molecule has 130 valence electrons. The quantitative estimate of drug-likeness (QED) is 0.775. The van der Waals surface area contributed by atoms with Crippen LogP contribution < -0.4 is 0 Å². The highest BCUT2D eigenvalue weighted by Gasteiger charge is 2.42. The summed E-state index contributed by atoms with van der Waals surface area (Å²) in [6, 6.07) is 5.60. The topological polar surface area (TPSA) is 88.5 Å². The number of likely N-dealkylation sites (tertiary alicyclic amines) is 1. The van der Waals surface area contributed by atoms with Crippen LogP contribution in [0.2, 0.25) is 0 Å². The van der Waals surface area contributed by atoms with E-state index < -0.39 is 5.60 Å². The van der Waals surface area contributed by atoms with Crippen LogP contribution >= 0.6 is 0 Å². The molecule has 1 fully saturated rings. The molecule has 1 aliphatic rings. The average molecular weight is 340 g/mol. The number of rotatable bonds is 3. The number of nitrogens with zero attached hydrogens (tertiary/aromatic N) is 6. The number of hydrogen-bond donors (Lipinski definition) is 1. The summed E-state index contributed by atoms with van der Waals surface area (Å²) in [5.41, 5.74) is 0.605. The maximum Gasteiger partial charge on any atom is 0.270 e. The fraction of sp³-hybridized carbons (Fsp3) is 0.412. The summed E-state index contributed by atoms with van der Waals surface area (Å²) in [7, 11) is 0. The molecule has 0 aromatic carbocycles. The van der Waals surface area contributed by atoms with E-state index in [0.717, 1.165) is 5.65 Å². The van der Waals surface area contributed by atoms with Crippen LogP contribution in [0.15, 0.2) is 36.8 Å². The Hall–Kier alpha value is -2.74. The van der Waals surface area contributed by atoms with Crippen LogP contribution in [0.3, 0.4) is 0 Å². The minimum absolute atomic E-state index is 0.129. The molecule has 0 radical (unpaired) electrons. The maximum absolute atomic E-state index is 12.9. The minimum Gasteiger partial charge on any atom is -0.381 e. The third-order valence-corrected chi connectivity index (χ3v) is 4.70. The first kappa shape index (κ1) is 15.8. The van der Waals surface area contributed by atoms with Gasteiger partial charge >= 0.3 is 0 Å². The highest BCUT2D eigenvalue weighted by molar-refractivity contribution is 5.93. The number of β-amino-alcohol motifs (C(OH)–C–C–N with tert-alkyl or cyclic N) is 1. The van der Waals surface area contributed by atoms with Crippen LogP contribution in [-0.2, 0) is 5.60 Å². The predicted octanol–water partition coefficient (Wildman–Crippen LogP) is 1.24. The Morgan fingerprint density at radius 3 is 2.96 bits per heavy atom. The number of amides is 1. The van der Waals surface area contributed by atoms with E-state index in [1.165, 1.54) is 0 Å². The lowest BCUT2D eigenvalue weighted by Crippen LogP contribution is -2.35. The van der Waals surface area contributed by atoms with Crippen LogP contribution in [0.4, 0.5) is 0 Å². The molecule has 1 aliphatic heterocycles. The zero-order valence-electron chi connectivity index (χ0n) is 14.2. The first-order chi connectivity index (χ1) is 12.0. The lowest BCUT2D eigenvalue weighted by atomic mass is 10.00. The second-order valence-corrected chi connectivity index (χ2v) is 6.75. The molecule has 3 aromatic heterocycles. The molecule has 0 bridgehead atoms. The predicted molar refractivity (Wildman–Crippen MR) is 90.0 cm³/mol. The van der Waals surface area contributed by atoms with E-state index in [0.29, 0.717) is 24.4 Å². The number of aromatic nitrogens is 5. The first-order valence-corrected chi connectivity index (χ1v) is 8.34. The van der Waals surface area contributed by atoms with Gasteiger partial charge in [0.15, 0.2) is 0 Å². The molecule has 1 saturated heterocycles. The summed E-state index contributed by atoms with van der Waals surface area (Å²) in [4.78, 5) is 18.8. The normalized spacial score (nSPS) is 20.7. The first-order valence-electron chi connectivity index (χ1n) is 8.34. The summed E-state index contributed by atoms with van der Waals surface area (Å²) >= 11 is 0. The van der Waals surface area contributed by atoms with Crippen molar-refractivity contribution in [3.63, 3.8) is 0 Å². The number of aliphatic hydroxyl groups is 1. The zero-order valence-corrected chi connectivity index (χ0v) is 14.2. The van der Waals surface area contributed by atoms with Crippen molar-refractivity contribution in [2.75, 3.05) is 13.1 Å². The lowest BCUT2D eigenvalue weighted by Gasteiger charge is -2.21. The zero-order chi connectivity index (χ0) is 17.6. The number of carbonyl (C=O) groups is 1. The van der Waals surface area contributed by atoms with Crippen LogP contribution in [-0.4, -0.2) is 53.4 Å². The number of imidazole rings is 1. The van der Waals surface area contributed by atoms with Crippen LogP contribution in [0.1, 0.15) is 42.5 Å². The van der Waals surface area contributed by atoms with Gasteiger partial charge in [0.05, 0.1) is 12.7 Å². The van der Waals surface area contributed by atoms with Crippen molar-refractivity contribution < 1.29 is 9.90 Å². The molecule has 8 nitrogen and oxygen atoms in total. The second kappa shape index (κ2) is 5.66.